The Hall–Kier alpha value is -0.240. The standard InChI is InChI=1S/C15H21Cl2N/c1-3-10-4-5-11(8-10)15(18-2)13-9-12(16)6-7-14(13)17/h6-7,9-11,15,18H,3-5,8H2,1-2H3. The maximum Gasteiger partial charge on any atom is 0.0454 e. The van der Waals surface area contributed by atoms with Crippen LogP contribution in [0, 0.1) is 11.8 Å². The van der Waals surface area contributed by atoms with E-state index in [0.717, 1.165) is 21.5 Å². The second kappa shape index (κ2) is 6.27. The summed E-state index contributed by atoms with van der Waals surface area (Å²) in [4.78, 5) is 0. The van der Waals surface area contributed by atoms with Crippen molar-refractivity contribution in [1.82, 2.24) is 5.32 Å². The minimum Gasteiger partial charge on any atom is -0.313 e. The Bertz CT molecular complexity index is 405. The monoisotopic (exact) mass is 285 g/mol. The average molecular weight is 286 g/mol. The van der Waals surface area contributed by atoms with Crippen molar-refractivity contribution in [3.05, 3.63) is 33.8 Å². The van der Waals surface area contributed by atoms with Crippen LogP contribution in [0.1, 0.15) is 44.2 Å². The van der Waals surface area contributed by atoms with Gasteiger partial charge in [0.05, 0.1) is 0 Å². The average Bonchev–Trinajstić information content (AvgIpc) is 2.83. The molecule has 1 N–H and O–H groups in total. The van der Waals surface area contributed by atoms with E-state index in [2.05, 4.69) is 12.2 Å². The lowest BCUT2D eigenvalue weighted by Gasteiger charge is -2.25. The minimum absolute atomic E-state index is 0.327. The summed E-state index contributed by atoms with van der Waals surface area (Å²) in [7, 11) is 2.02. The molecule has 0 saturated heterocycles. The Morgan fingerprint density at radius 3 is 2.72 bits per heavy atom. The van der Waals surface area contributed by atoms with Gasteiger partial charge in [-0.15, -0.1) is 0 Å². The first kappa shape index (κ1) is 14.2. The fourth-order valence-electron chi connectivity index (χ4n) is 3.19. The molecule has 1 saturated carbocycles. The van der Waals surface area contributed by atoms with Gasteiger partial charge >= 0.3 is 0 Å². The van der Waals surface area contributed by atoms with Crippen LogP contribution in [0.2, 0.25) is 10.0 Å². The molecule has 0 radical (unpaired) electrons. The second-order valence-corrected chi connectivity index (χ2v) is 6.12. The molecule has 0 amide bonds. The molecule has 0 heterocycles. The lowest BCUT2D eigenvalue weighted by molar-refractivity contribution is 0.373. The predicted octanol–water partition coefficient (Wildman–Crippen LogP) is 5.08. The Kier molecular flexibility index (Phi) is 4.94. The minimum atomic E-state index is 0.327. The van der Waals surface area contributed by atoms with Crippen molar-refractivity contribution < 1.29 is 0 Å². The molecule has 3 heteroatoms. The lowest BCUT2D eigenvalue weighted by Crippen LogP contribution is -2.24. The van der Waals surface area contributed by atoms with E-state index < -0.39 is 0 Å². The summed E-state index contributed by atoms with van der Waals surface area (Å²) in [6, 6.07) is 6.08. The molecule has 0 bridgehead atoms. The van der Waals surface area contributed by atoms with Gasteiger partial charge in [0.25, 0.3) is 0 Å². The van der Waals surface area contributed by atoms with Crippen LogP contribution in [-0.2, 0) is 0 Å². The van der Waals surface area contributed by atoms with E-state index in [-0.39, 0.29) is 0 Å². The highest BCUT2D eigenvalue weighted by molar-refractivity contribution is 6.33. The van der Waals surface area contributed by atoms with Gasteiger partial charge in [-0.3, -0.25) is 0 Å². The number of rotatable bonds is 4. The van der Waals surface area contributed by atoms with Gasteiger partial charge in [-0.25, -0.2) is 0 Å². The Morgan fingerprint density at radius 2 is 2.11 bits per heavy atom. The molecule has 3 unspecified atom stereocenters. The zero-order chi connectivity index (χ0) is 13.1. The predicted molar refractivity (Wildman–Crippen MR) is 79.4 cm³/mol. The molecule has 100 valence electrons. The van der Waals surface area contributed by atoms with Gasteiger partial charge in [0, 0.05) is 16.1 Å². The van der Waals surface area contributed by atoms with E-state index in [1.54, 1.807) is 0 Å². The van der Waals surface area contributed by atoms with Crippen molar-refractivity contribution >= 4 is 23.2 Å². The van der Waals surface area contributed by atoms with Gasteiger partial charge in [0.15, 0.2) is 0 Å². The molecule has 0 spiro atoms. The fraction of sp³-hybridized carbons (Fsp3) is 0.600. The first-order chi connectivity index (χ1) is 8.65. The van der Waals surface area contributed by atoms with E-state index >= 15 is 0 Å². The van der Waals surface area contributed by atoms with Crippen LogP contribution in [0.3, 0.4) is 0 Å². The van der Waals surface area contributed by atoms with Crippen LogP contribution in [0.4, 0.5) is 0 Å². The van der Waals surface area contributed by atoms with E-state index in [0.29, 0.717) is 12.0 Å². The first-order valence-corrected chi connectivity index (χ1v) is 7.53. The first-order valence-electron chi connectivity index (χ1n) is 6.78. The smallest absolute Gasteiger partial charge is 0.0454 e. The number of halogens is 2. The summed E-state index contributed by atoms with van der Waals surface area (Å²) < 4.78 is 0. The van der Waals surface area contributed by atoms with Gasteiger partial charge in [0.2, 0.25) is 0 Å². The van der Waals surface area contributed by atoms with Crippen molar-refractivity contribution in [3.63, 3.8) is 0 Å². The van der Waals surface area contributed by atoms with E-state index in [1.807, 2.05) is 25.2 Å². The van der Waals surface area contributed by atoms with Gasteiger partial charge in [-0.2, -0.15) is 0 Å². The Balaban J connectivity index is 2.20. The summed E-state index contributed by atoms with van der Waals surface area (Å²) in [5.41, 5.74) is 1.15. The van der Waals surface area contributed by atoms with E-state index in [4.69, 9.17) is 23.2 Å². The number of benzene rings is 1. The highest BCUT2D eigenvalue weighted by Crippen LogP contribution is 2.42. The summed E-state index contributed by atoms with van der Waals surface area (Å²) in [6.45, 7) is 2.29. The van der Waals surface area contributed by atoms with Gasteiger partial charge < -0.3 is 5.32 Å². The highest BCUT2D eigenvalue weighted by atomic mass is 35.5. The second-order valence-electron chi connectivity index (χ2n) is 5.28. The van der Waals surface area contributed by atoms with E-state index in [9.17, 15) is 0 Å². The molecular formula is C15H21Cl2N. The summed E-state index contributed by atoms with van der Waals surface area (Å²) in [5, 5.41) is 5.01. The molecule has 18 heavy (non-hydrogen) atoms. The quantitative estimate of drug-likeness (QED) is 0.813. The van der Waals surface area contributed by atoms with Crippen LogP contribution in [-0.4, -0.2) is 7.05 Å². The maximum absolute atomic E-state index is 6.32. The molecule has 3 atom stereocenters. The Labute approximate surface area is 120 Å². The van der Waals surface area contributed by atoms with Gasteiger partial charge in [-0.05, 0) is 55.5 Å². The zero-order valence-electron chi connectivity index (χ0n) is 11.0. The number of nitrogens with one attached hydrogen (secondary N) is 1. The van der Waals surface area contributed by atoms with Gasteiger partial charge in [-0.1, -0.05) is 43.0 Å². The third kappa shape index (κ3) is 3.01. The molecule has 1 aromatic carbocycles. The molecule has 2 rings (SSSR count). The third-order valence-electron chi connectivity index (χ3n) is 4.23. The SMILES string of the molecule is CCC1CCC(C(NC)c2cc(Cl)ccc2Cl)C1. The molecule has 1 nitrogen and oxygen atoms in total. The normalized spacial score (nSPS) is 25.3. The van der Waals surface area contributed by atoms with Crippen LogP contribution in [0.5, 0.6) is 0 Å². The van der Waals surface area contributed by atoms with Crippen LogP contribution < -0.4 is 5.32 Å². The molecule has 1 aliphatic carbocycles. The maximum atomic E-state index is 6.32. The largest absolute Gasteiger partial charge is 0.313 e. The molecule has 0 aliphatic heterocycles. The van der Waals surface area contributed by atoms with E-state index in [1.165, 1.54) is 25.7 Å². The van der Waals surface area contributed by atoms with Crippen molar-refractivity contribution in [3.8, 4) is 0 Å². The summed E-state index contributed by atoms with van der Waals surface area (Å²) in [6.07, 6.45) is 5.21. The van der Waals surface area contributed by atoms with Crippen molar-refractivity contribution in [1.29, 1.82) is 0 Å². The zero-order valence-corrected chi connectivity index (χ0v) is 12.6. The number of hydrogen-bond donors (Lipinski definition) is 1. The van der Waals surface area contributed by atoms with Crippen molar-refractivity contribution in [2.45, 2.75) is 38.6 Å². The number of hydrogen-bond acceptors (Lipinski definition) is 1. The summed E-state index contributed by atoms with van der Waals surface area (Å²) >= 11 is 12.4. The molecule has 1 aliphatic rings. The van der Waals surface area contributed by atoms with Crippen LogP contribution in [0.25, 0.3) is 0 Å². The molecule has 0 aromatic heterocycles. The lowest BCUT2D eigenvalue weighted by atomic mass is 9.90. The van der Waals surface area contributed by atoms with Crippen molar-refractivity contribution in [2.24, 2.45) is 11.8 Å². The van der Waals surface area contributed by atoms with Crippen LogP contribution >= 0.6 is 23.2 Å². The Morgan fingerprint density at radius 1 is 1.33 bits per heavy atom. The molecule has 1 fully saturated rings. The van der Waals surface area contributed by atoms with Gasteiger partial charge in [0.1, 0.15) is 0 Å². The molecule has 1 aromatic rings. The topological polar surface area (TPSA) is 12.0 Å². The van der Waals surface area contributed by atoms with Crippen molar-refractivity contribution in [2.75, 3.05) is 7.05 Å². The highest BCUT2D eigenvalue weighted by Gasteiger charge is 2.31. The fourth-order valence-corrected chi connectivity index (χ4v) is 3.60. The third-order valence-corrected chi connectivity index (χ3v) is 4.81. The summed E-state index contributed by atoms with van der Waals surface area (Å²) in [5.74, 6) is 1.56. The van der Waals surface area contributed by atoms with Crippen LogP contribution in [0.15, 0.2) is 18.2 Å². The molecular weight excluding hydrogens is 265 g/mol.